The first-order valence-electron chi connectivity index (χ1n) is 7.61. The summed E-state index contributed by atoms with van der Waals surface area (Å²) in [6.07, 6.45) is 5.17. The molecule has 0 radical (unpaired) electrons. The Bertz CT molecular complexity index is 538. The van der Waals surface area contributed by atoms with E-state index in [2.05, 4.69) is 41.5 Å². The lowest BCUT2D eigenvalue weighted by Gasteiger charge is -2.25. The van der Waals surface area contributed by atoms with Crippen LogP contribution in [0.15, 0.2) is 29.6 Å². The minimum Gasteiger partial charge on any atom is -0.297 e. The van der Waals surface area contributed by atoms with Crippen molar-refractivity contribution in [1.29, 1.82) is 0 Å². The molecule has 0 atom stereocenters. The average molecular weight is 286 g/mol. The molecule has 2 aromatic rings. The smallest absolute Gasteiger partial charge is 0.107 e. The molecule has 106 valence electrons. The van der Waals surface area contributed by atoms with E-state index in [1.54, 1.807) is 11.3 Å². The van der Waals surface area contributed by atoms with E-state index >= 15 is 0 Å². The monoisotopic (exact) mass is 286 g/mol. The Hall–Kier alpha value is -1.19. The van der Waals surface area contributed by atoms with Gasteiger partial charge in [0.15, 0.2) is 0 Å². The Kier molecular flexibility index (Phi) is 4.48. The van der Waals surface area contributed by atoms with Crippen molar-refractivity contribution < 1.29 is 0 Å². The van der Waals surface area contributed by atoms with Crippen LogP contribution < -0.4 is 0 Å². The van der Waals surface area contributed by atoms with Crippen LogP contribution in [0.25, 0.3) is 11.3 Å². The van der Waals surface area contributed by atoms with Gasteiger partial charge in [0, 0.05) is 10.9 Å². The summed E-state index contributed by atoms with van der Waals surface area (Å²) in [6, 6.07) is 8.80. The highest BCUT2D eigenvalue weighted by Crippen LogP contribution is 2.24. The molecule has 1 aromatic carbocycles. The van der Waals surface area contributed by atoms with E-state index in [9.17, 15) is 0 Å². The number of likely N-dealkylation sites (tertiary alicyclic amines) is 1. The molecule has 0 amide bonds. The van der Waals surface area contributed by atoms with Crippen LogP contribution in [-0.4, -0.2) is 23.0 Å². The lowest BCUT2D eigenvalue weighted by atomic mass is 10.1. The lowest BCUT2D eigenvalue weighted by molar-refractivity contribution is 0.220. The summed E-state index contributed by atoms with van der Waals surface area (Å²) < 4.78 is 0. The zero-order valence-electron chi connectivity index (χ0n) is 12.1. The second-order valence-electron chi connectivity index (χ2n) is 5.51. The molecule has 1 aromatic heterocycles. The number of benzene rings is 1. The highest BCUT2D eigenvalue weighted by molar-refractivity contribution is 7.09. The Labute approximate surface area is 125 Å². The van der Waals surface area contributed by atoms with Gasteiger partial charge in [-0.3, -0.25) is 4.90 Å². The van der Waals surface area contributed by atoms with Crippen LogP contribution >= 0.6 is 11.3 Å². The topological polar surface area (TPSA) is 16.1 Å². The van der Waals surface area contributed by atoms with Crippen LogP contribution in [0.2, 0.25) is 0 Å². The average Bonchev–Trinajstić information content (AvgIpc) is 2.97. The molecule has 3 rings (SSSR count). The molecule has 0 saturated carbocycles. The fourth-order valence-corrected chi connectivity index (χ4v) is 3.58. The molecule has 0 aliphatic carbocycles. The molecule has 2 heterocycles. The molecule has 3 heteroatoms. The zero-order valence-corrected chi connectivity index (χ0v) is 13.0. The predicted molar refractivity (Wildman–Crippen MR) is 86.1 cm³/mol. The maximum atomic E-state index is 4.81. The summed E-state index contributed by atoms with van der Waals surface area (Å²) in [7, 11) is 0. The quantitative estimate of drug-likeness (QED) is 0.830. The maximum Gasteiger partial charge on any atom is 0.107 e. The van der Waals surface area contributed by atoms with Gasteiger partial charge in [-0.1, -0.05) is 37.6 Å². The first kappa shape index (κ1) is 13.8. The molecular formula is C17H22N2S. The Morgan fingerprint density at radius 3 is 2.55 bits per heavy atom. The van der Waals surface area contributed by atoms with E-state index in [-0.39, 0.29) is 0 Å². The van der Waals surface area contributed by atoms with E-state index in [1.165, 1.54) is 48.5 Å². The van der Waals surface area contributed by atoms with Gasteiger partial charge in [0.25, 0.3) is 0 Å². The predicted octanol–water partition coefficient (Wildman–Crippen LogP) is 4.36. The third-order valence-electron chi connectivity index (χ3n) is 4.02. The number of aryl methyl sites for hydroxylation is 1. The number of nitrogens with zero attached hydrogens (tertiary/aromatic N) is 2. The second-order valence-corrected chi connectivity index (χ2v) is 6.46. The third kappa shape index (κ3) is 3.28. The van der Waals surface area contributed by atoms with E-state index in [0.717, 1.165) is 18.7 Å². The van der Waals surface area contributed by atoms with E-state index in [4.69, 9.17) is 4.98 Å². The summed E-state index contributed by atoms with van der Waals surface area (Å²) >= 11 is 1.80. The fraction of sp³-hybridized carbons (Fsp3) is 0.471. The van der Waals surface area contributed by atoms with Gasteiger partial charge in [0.1, 0.15) is 5.01 Å². The van der Waals surface area contributed by atoms with Crippen LogP contribution in [0.1, 0.15) is 36.8 Å². The largest absolute Gasteiger partial charge is 0.297 e. The summed E-state index contributed by atoms with van der Waals surface area (Å²) in [6.45, 7) is 5.69. The van der Waals surface area contributed by atoms with Crippen LogP contribution in [0.5, 0.6) is 0 Å². The zero-order chi connectivity index (χ0) is 13.8. The molecule has 0 unspecified atom stereocenters. The molecule has 1 aliphatic heterocycles. The van der Waals surface area contributed by atoms with Gasteiger partial charge in [-0.05, 0) is 37.9 Å². The number of hydrogen-bond donors (Lipinski definition) is 0. The van der Waals surface area contributed by atoms with Crippen molar-refractivity contribution in [2.24, 2.45) is 0 Å². The van der Waals surface area contributed by atoms with E-state index < -0.39 is 0 Å². The summed E-state index contributed by atoms with van der Waals surface area (Å²) in [4.78, 5) is 7.34. The number of piperidine rings is 1. The maximum absolute atomic E-state index is 4.81. The number of hydrogen-bond acceptors (Lipinski definition) is 3. The van der Waals surface area contributed by atoms with Gasteiger partial charge < -0.3 is 0 Å². The first-order valence-corrected chi connectivity index (χ1v) is 8.49. The molecule has 1 fully saturated rings. The van der Waals surface area contributed by atoms with Crippen LogP contribution in [0, 0.1) is 0 Å². The summed E-state index contributed by atoms with van der Waals surface area (Å²) in [5.74, 6) is 0. The van der Waals surface area contributed by atoms with Crippen LogP contribution in [0.3, 0.4) is 0 Å². The molecule has 1 saturated heterocycles. The highest BCUT2D eigenvalue weighted by Gasteiger charge is 2.12. The molecule has 20 heavy (non-hydrogen) atoms. The SMILES string of the molecule is CCc1ccc(-c2csc(CN3CCCCC3)n2)cc1. The molecule has 2 nitrogen and oxygen atoms in total. The Morgan fingerprint density at radius 2 is 1.85 bits per heavy atom. The normalized spacial score (nSPS) is 16.4. The van der Waals surface area contributed by atoms with Crippen molar-refractivity contribution in [3.05, 3.63) is 40.2 Å². The van der Waals surface area contributed by atoms with Gasteiger partial charge in [-0.15, -0.1) is 11.3 Å². The Balaban J connectivity index is 1.68. The second kappa shape index (κ2) is 6.51. The summed E-state index contributed by atoms with van der Waals surface area (Å²) in [5.41, 5.74) is 3.76. The lowest BCUT2D eigenvalue weighted by Crippen LogP contribution is -2.28. The molecule has 0 bridgehead atoms. The van der Waals surface area contributed by atoms with Gasteiger partial charge in [-0.25, -0.2) is 4.98 Å². The number of thiazole rings is 1. The first-order chi connectivity index (χ1) is 9.85. The van der Waals surface area contributed by atoms with Gasteiger partial charge in [0.05, 0.1) is 12.2 Å². The van der Waals surface area contributed by atoms with Crippen molar-refractivity contribution in [2.75, 3.05) is 13.1 Å². The van der Waals surface area contributed by atoms with E-state index in [0.29, 0.717) is 0 Å². The molecule has 0 N–H and O–H groups in total. The Morgan fingerprint density at radius 1 is 1.10 bits per heavy atom. The number of aromatic nitrogens is 1. The van der Waals surface area contributed by atoms with E-state index in [1.807, 2.05) is 0 Å². The van der Waals surface area contributed by atoms with Gasteiger partial charge in [0.2, 0.25) is 0 Å². The van der Waals surface area contributed by atoms with Gasteiger partial charge in [-0.2, -0.15) is 0 Å². The minimum absolute atomic E-state index is 1.03. The standard InChI is InChI=1S/C17H22N2S/c1-2-14-6-8-15(9-7-14)16-13-20-17(18-16)12-19-10-4-3-5-11-19/h6-9,13H,2-5,10-12H2,1H3. The molecule has 1 aliphatic rings. The van der Waals surface area contributed by atoms with Crippen LogP contribution in [-0.2, 0) is 13.0 Å². The molecule has 0 spiro atoms. The minimum atomic E-state index is 1.03. The van der Waals surface area contributed by atoms with Gasteiger partial charge >= 0.3 is 0 Å². The van der Waals surface area contributed by atoms with Crippen molar-refractivity contribution in [3.63, 3.8) is 0 Å². The summed E-state index contributed by atoms with van der Waals surface area (Å²) in [5, 5.41) is 3.45. The van der Waals surface area contributed by atoms with Crippen molar-refractivity contribution in [1.82, 2.24) is 9.88 Å². The highest BCUT2D eigenvalue weighted by atomic mass is 32.1. The third-order valence-corrected chi connectivity index (χ3v) is 4.85. The fourth-order valence-electron chi connectivity index (χ4n) is 2.74. The van der Waals surface area contributed by atoms with Crippen molar-refractivity contribution in [2.45, 2.75) is 39.2 Å². The van der Waals surface area contributed by atoms with Crippen molar-refractivity contribution >= 4 is 11.3 Å². The molecular weight excluding hydrogens is 264 g/mol. The number of rotatable bonds is 4. The van der Waals surface area contributed by atoms with Crippen LogP contribution in [0.4, 0.5) is 0 Å². The van der Waals surface area contributed by atoms with Crippen molar-refractivity contribution in [3.8, 4) is 11.3 Å².